The molecule has 4 aromatic rings. The summed E-state index contributed by atoms with van der Waals surface area (Å²) >= 11 is 0. The van der Waals surface area contributed by atoms with E-state index in [-0.39, 0.29) is 0 Å². The molecule has 0 amide bonds. The minimum absolute atomic E-state index is 0.859. The maximum atomic E-state index is 6.13. The van der Waals surface area contributed by atoms with Gasteiger partial charge in [0.05, 0.1) is 11.4 Å². The molecule has 0 unspecified atom stereocenters. The molecule has 0 aromatic heterocycles. The van der Waals surface area contributed by atoms with Crippen molar-refractivity contribution in [3.63, 3.8) is 0 Å². The molecule has 0 saturated carbocycles. The molecule has 0 fully saturated rings. The van der Waals surface area contributed by atoms with Gasteiger partial charge in [0.1, 0.15) is 0 Å². The topological polar surface area (TPSA) is 12.5 Å². The number of anilines is 2. The lowest BCUT2D eigenvalue weighted by Gasteiger charge is -2.31. The summed E-state index contributed by atoms with van der Waals surface area (Å²) in [6.07, 6.45) is 2.21. The Hall–Kier alpha value is -3.78. The van der Waals surface area contributed by atoms with E-state index in [0.717, 1.165) is 28.4 Å². The van der Waals surface area contributed by atoms with Crippen LogP contribution in [0.3, 0.4) is 0 Å². The van der Waals surface area contributed by atoms with Crippen molar-refractivity contribution < 1.29 is 4.74 Å². The molecule has 2 heteroatoms. The summed E-state index contributed by atoms with van der Waals surface area (Å²) in [6, 6.07) is 37.3. The average Bonchev–Trinajstić information content (AvgIpc) is 2.78. The molecule has 1 heterocycles. The lowest BCUT2D eigenvalue weighted by molar-refractivity contribution is 0.476. The molecular formula is C26H19NO. The van der Waals surface area contributed by atoms with Crippen LogP contribution in [0.25, 0.3) is 5.57 Å². The highest BCUT2D eigenvalue weighted by molar-refractivity contribution is 5.87. The number of benzene rings is 4. The summed E-state index contributed by atoms with van der Waals surface area (Å²) in [7, 11) is 0. The first-order valence-corrected chi connectivity index (χ1v) is 9.38. The Balaban J connectivity index is 1.74. The second kappa shape index (κ2) is 7.09. The predicted molar refractivity (Wildman–Crippen MR) is 115 cm³/mol. The van der Waals surface area contributed by atoms with Crippen molar-refractivity contribution in [2.24, 2.45) is 0 Å². The summed E-state index contributed by atoms with van der Waals surface area (Å²) in [5, 5.41) is 0. The maximum absolute atomic E-state index is 6.13. The Bertz CT molecular complexity index is 1050. The highest BCUT2D eigenvalue weighted by Gasteiger charge is 2.23. The van der Waals surface area contributed by atoms with Crippen molar-refractivity contribution in [2.45, 2.75) is 0 Å². The number of ether oxygens (including phenoxy) is 1. The van der Waals surface area contributed by atoms with Gasteiger partial charge < -0.3 is 9.64 Å². The molecule has 4 aromatic carbocycles. The fourth-order valence-corrected chi connectivity index (χ4v) is 3.55. The summed E-state index contributed by atoms with van der Waals surface area (Å²) in [5.74, 6) is 1.72. The van der Waals surface area contributed by atoms with E-state index in [1.807, 2.05) is 48.5 Å². The van der Waals surface area contributed by atoms with E-state index in [9.17, 15) is 0 Å². The van der Waals surface area contributed by atoms with Crippen molar-refractivity contribution in [1.29, 1.82) is 0 Å². The quantitative estimate of drug-likeness (QED) is 0.389. The van der Waals surface area contributed by atoms with Crippen LogP contribution in [0.2, 0.25) is 0 Å². The normalized spacial score (nSPS) is 11.8. The van der Waals surface area contributed by atoms with Crippen LogP contribution in [-0.2, 0) is 0 Å². The van der Waals surface area contributed by atoms with Gasteiger partial charge in [-0.2, -0.15) is 0 Å². The van der Waals surface area contributed by atoms with Gasteiger partial charge in [0, 0.05) is 11.8 Å². The Morgan fingerprint density at radius 2 is 0.964 bits per heavy atom. The molecule has 0 aliphatic carbocycles. The van der Waals surface area contributed by atoms with Crippen LogP contribution >= 0.6 is 0 Å². The zero-order chi connectivity index (χ0) is 18.8. The first-order chi connectivity index (χ1) is 13.9. The minimum atomic E-state index is 0.859. The van der Waals surface area contributed by atoms with Crippen LogP contribution in [0.1, 0.15) is 11.1 Å². The lowest BCUT2D eigenvalue weighted by Crippen LogP contribution is -2.15. The molecule has 0 bridgehead atoms. The molecule has 134 valence electrons. The Morgan fingerprint density at radius 1 is 0.536 bits per heavy atom. The number of para-hydroxylation sites is 4. The molecule has 5 rings (SSSR count). The van der Waals surface area contributed by atoms with Gasteiger partial charge in [0.15, 0.2) is 11.5 Å². The van der Waals surface area contributed by atoms with Gasteiger partial charge in [-0.1, -0.05) is 84.9 Å². The van der Waals surface area contributed by atoms with Gasteiger partial charge in [-0.15, -0.1) is 0 Å². The summed E-state index contributed by atoms with van der Waals surface area (Å²) in [5.41, 5.74) is 5.58. The van der Waals surface area contributed by atoms with Crippen LogP contribution in [0.5, 0.6) is 11.5 Å². The number of hydrogen-bond acceptors (Lipinski definition) is 2. The number of fused-ring (bicyclic) bond motifs is 2. The molecule has 1 aliphatic heterocycles. The third-order valence-electron chi connectivity index (χ3n) is 4.90. The summed E-state index contributed by atoms with van der Waals surface area (Å²) in [4.78, 5) is 2.23. The lowest BCUT2D eigenvalue weighted by atomic mass is 9.98. The first kappa shape index (κ1) is 16.4. The number of nitrogens with zero attached hydrogens (tertiary/aromatic N) is 1. The Labute approximate surface area is 165 Å². The largest absolute Gasteiger partial charge is 0.453 e. The van der Waals surface area contributed by atoms with E-state index in [2.05, 4.69) is 71.8 Å². The third-order valence-corrected chi connectivity index (χ3v) is 4.90. The maximum Gasteiger partial charge on any atom is 0.151 e. The predicted octanol–water partition coefficient (Wildman–Crippen LogP) is 7.02. The van der Waals surface area contributed by atoms with Gasteiger partial charge in [0.2, 0.25) is 0 Å². The Morgan fingerprint density at radius 3 is 1.46 bits per heavy atom. The van der Waals surface area contributed by atoms with Crippen molar-refractivity contribution >= 4 is 16.9 Å². The van der Waals surface area contributed by atoms with Crippen LogP contribution in [0.4, 0.5) is 11.4 Å². The second-order valence-electron chi connectivity index (χ2n) is 6.68. The molecule has 0 N–H and O–H groups in total. The monoisotopic (exact) mass is 361 g/mol. The van der Waals surface area contributed by atoms with E-state index in [1.165, 1.54) is 11.1 Å². The van der Waals surface area contributed by atoms with Gasteiger partial charge in [-0.3, -0.25) is 0 Å². The van der Waals surface area contributed by atoms with E-state index >= 15 is 0 Å². The standard InChI is InChI=1S/C26H19NO/c1-3-11-20(12-4-1)22(21-13-5-2-6-14-21)19-27-23-15-7-9-17-25(23)28-26-18-10-8-16-24(26)27/h1-19H. The average molecular weight is 361 g/mol. The highest BCUT2D eigenvalue weighted by Crippen LogP contribution is 2.47. The van der Waals surface area contributed by atoms with Crippen LogP contribution in [0.15, 0.2) is 115 Å². The summed E-state index contributed by atoms with van der Waals surface area (Å²) < 4.78 is 6.13. The van der Waals surface area contributed by atoms with E-state index in [0.29, 0.717) is 0 Å². The molecule has 0 radical (unpaired) electrons. The zero-order valence-electron chi connectivity index (χ0n) is 15.3. The molecule has 28 heavy (non-hydrogen) atoms. The van der Waals surface area contributed by atoms with Crippen molar-refractivity contribution in [1.82, 2.24) is 0 Å². The second-order valence-corrected chi connectivity index (χ2v) is 6.68. The van der Waals surface area contributed by atoms with E-state index in [1.54, 1.807) is 0 Å². The number of hydrogen-bond donors (Lipinski definition) is 0. The van der Waals surface area contributed by atoms with Crippen LogP contribution < -0.4 is 9.64 Å². The highest BCUT2D eigenvalue weighted by atomic mass is 16.5. The Kier molecular flexibility index (Phi) is 4.15. The van der Waals surface area contributed by atoms with Crippen molar-refractivity contribution in [3.05, 3.63) is 127 Å². The van der Waals surface area contributed by atoms with Crippen molar-refractivity contribution in [3.8, 4) is 11.5 Å². The molecule has 2 nitrogen and oxygen atoms in total. The van der Waals surface area contributed by atoms with E-state index in [4.69, 9.17) is 4.74 Å². The van der Waals surface area contributed by atoms with Crippen molar-refractivity contribution in [2.75, 3.05) is 4.90 Å². The summed E-state index contributed by atoms with van der Waals surface area (Å²) in [6.45, 7) is 0. The minimum Gasteiger partial charge on any atom is -0.453 e. The van der Waals surface area contributed by atoms with Gasteiger partial charge >= 0.3 is 0 Å². The fourth-order valence-electron chi connectivity index (χ4n) is 3.55. The van der Waals surface area contributed by atoms with Crippen LogP contribution in [0, 0.1) is 0 Å². The van der Waals surface area contributed by atoms with Gasteiger partial charge in [-0.25, -0.2) is 0 Å². The molecule has 1 aliphatic rings. The zero-order valence-corrected chi connectivity index (χ0v) is 15.3. The van der Waals surface area contributed by atoms with E-state index < -0.39 is 0 Å². The molecule has 0 atom stereocenters. The smallest absolute Gasteiger partial charge is 0.151 e. The van der Waals surface area contributed by atoms with Crippen LogP contribution in [-0.4, -0.2) is 0 Å². The SMILES string of the molecule is C(=C(c1ccccc1)c1ccccc1)N1c2ccccc2Oc2ccccc21. The molecular weight excluding hydrogens is 342 g/mol. The fraction of sp³-hybridized carbons (Fsp3) is 0. The van der Waals surface area contributed by atoms with Gasteiger partial charge in [-0.05, 0) is 35.4 Å². The van der Waals surface area contributed by atoms with Gasteiger partial charge in [0.25, 0.3) is 0 Å². The first-order valence-electron chi connectivity index (χ1n) is 9.38. The molecule has 0 saturated heterocycles. The molecule has 0 spiro atoms. The third kappa shape index (κ3) is 2.95. The number of rotatable bonds is 3.